The Morgan fingerprint density at radius 3 is 2.65 bits per heavy atom. The average Bonchev–Trinajstić information content (AvgIpc) is 3.19. The molecule has 0 spiro atoms. The maximum atomic E-state index is 12.7. The molecule has 0 saturated heterocycles. The van der Waals surface area contributed by atoms with Gasteiger partial charge in [-0.25, -0.2) is 4.98 Å². The van der Waals surface area contributed by atoms with Crippen molar-refractivity contribution in [2.24, 2.45) is 0 Å². The average molecular weight is 467 g/mol. The number of hydrogen-bond acceptors (Lipinski definition) is 5. The van der Waals surface area contributed by atoms with Gasteiger partial charge in [-0.3, -0.25) is 4.79 Å². The van der Waals surface area contributed by atoms with Gasteiger partial charge in [-0.1, -0.05) is 36.7 Å². The molecule has 0 aliphatic heterocycles. The molecule has 1 atom stereocenters. The number of halogens is 3. The van der Waals surface area contributed by atoms with Crippen LogP contribution in [0.1, 0.15) is 35.7 Å². The zero-order valence-corrected chi connectivity index (χ0v) is 18.3. The maximum absolute atomic E-state index is 12.7. The molecule has 0 bridgehead atoms. The van der Waals surface area contributed by atoms with Crippen LogP contribution in [0.25, 0.3) is 0 Å². The van der Waals surface area contributed by atoms with Gasteiger partial charge >= 0.3 is 6.61 Å². The number of nitrogens with one attached hydrogen (secondary N) is 1. The van der Waals surface area contributed by atoms with E-state index < -0.39 is 12.7 Å². The van der Waals surface area contributed by atoms with Gasteiger partial charge in [0.2, 0.25) is 5.91 Å². The minimum Gasteiger partial charge on any atom is -0.486 e. The van der Waals surface area contributed by atoms with Crippen LogP contribution in [0, 0.1) is 0 Å². The van der Waals surface area contributed by atoms with E-state index in [1.54, 1.807) is 47.8 Å². The summed E-state index contributed by atoms with van der Waals surface area (Å²) in [6.45, 7) is -0.791. The van der Waals surface area contributed by atoms with Crippen LogP contribution >= 0.6 is 22.9 Å². The van der Waals surface area contributed by atoms with E-state index in [1.807, 2.05) is 6.92 Å². The Balaban J connectivity index is 1.57. The topological polar surface area (TPSA) is 60.5 Å². The van der Waals surface area contributed by atoms with Crippen LogP contribution in [0.2, 0.25) is 5.02 Å². The molecule has 1 aromatic heterocycles. The molecule has 2 aromatic carbocycles. The Labute approximate surface area is 188 Å². The van der Waals surface area contributed by atoms with Gasteiger partial charge in [-0.15, -0.1) is 11.3 Å². The first-order chi connectivity index (χ1) is 14.9. The number of rotatable bonds is 10. The summed E-state index contributed by atoms with van der Waals surface area (Å²) in [6, 6.07) is 13.0. The van der Waals surface area contributed by atoms with Crippen molar-refractivity contribution in [3.63, 3.8) is 0 Å². The van der Waals surface area contributed by atoms with Crippen molar-refractivity contribution in [1.29, 1.82) is 0 Å². The summed E-state index contributed by atoms with van der Waals surface area (Å²) >= 11 is 7.25. The zero-order chi connectivity index (χ0) is 22.2. The number of para-hydroxylation sites is 1. The summed E-state index contributed by atoms with van der Waals surface area (Å²) in [5.74, 6) is 0.475. The molecule has 3 aromatic rings. The van der Waals surface area contributed by atoms with Crippen molar-refractivity contribution in [2.75, 3.05) is 0 Å². The first-order valence-corrected chi connectivity index (χ1v) is 10.8. The van der Waals surface area contributed by atoms with Gasteiger partial charge in [-0.2, -0.15) is 8.78 Å². The van der Waals surface area contributed by atoms with Gasteiger partial charge in [0.25, 0.3) is 0 Å². The molecule has 1 heterocycles. The fourth-order valence-electron chi connectivity index (χ4n) is 2.95. The molecule has 164 valence electrons. The number of ether oxygens (including phenoxy) is 2. The molecule has 31 heavy (non-hydrogen) atoms. The monoisotopic (exact) mass is 466 g/mol. The number of carbonyl (C=O) groups excluding carboxylic acids is 1. The van der Waals surface area contributed by atoms with Crippen molar-refractivity contribution in [1.82, 2.24) is 10.3 Å². The SMILES string of the molecule is CCC(NC(=O)Cc1csc(COc2ccc(Cl)cc2)n1)c1ccccc1OC(F)F. The highest BCUT2D eigenvalue weighted by atomic mass is 35.5. The Bertz CT molecular complexity index is 998. The summed E-state index contributed by atoms with van der Waals surface area (Å²) in [7, 11) is 0. The minimum atomic E-state index is -2.93. The molecule has 3 rings (SSSR count). The Morgan fingerprint density at radius 2 is 1.94 bits per heavy atom. The van der Waals surface area contributed by atoms with E-state index in [4.69, 9.17) is 16.3 Å². The van der Waals surface area contributed by atoms with E-state index in [0.29, 0.717) is 28.5 Å². The van der Waals surface area contributed by atoms with E-state index in [9.17, 15) is 13.6 Å². The molecule has 0 fully saturated rings. The third-order valence-corrected chi connectivity index (χ3v) is 5.49. The number of carbonyl (C=O) groups is 1. The molecule has 0 aliphatic rings. The lowest BCUT2D eigenvalue weighted by molar-refractivity contribution is -0.121. The Kier molecular flexibility index (Phi) is 8.20. The number of amides is 1. The van der Waals surface area contributed by atoms with E-state index in [0.717, 1.165) is 5.01 Å². The largest absolute Gasteiger partial charge is 0.486 e. The number of alkyl halides is 2. The number of benzene rings is 2. The van der Waals surface area contributed by atoms with Crippen LogP contribution < -0.4 is 14.8 Å². The van der Waals surface area contributed by atoms with Crippen LogP contribution in [0.4, 0.5) is 8.78 Å². The molecule has 1 unspecified atom stereocenters. The second kappa shape index (κ2) is 11.1. The molecule has 1 amide bonds. The molecule has 0 saturated carbocycles. The normalized spacial score (nSPS) is 11.9. The minimum absolute atomic E-state index is 0.0555. The highest BCUT2D eigenvalue weighted by Gasteiger charge is 2.19. The predicted octanol–water partition coefficient (Wildman–Crippen LogP) is 5.79. The van der Waals surface area contributed by atoms with Crippen LogP contribution in [-0.2, 0) is 17.8 Å². The van der Waals surface area contributed by atoms with Gasteiger partial charge in [0.05, 0.1) is 18.2 Å². The zero-order valence-electron chi connectivity index (χ0n) is 16.7. The van der Waals surface area contributed by atoms with Gasteiger partial charge in [0.1, 0.15) is 23.1 Å². The highest BCUT2D eigenvalue weighted by Crippen LogP contribution is 2.28. The Morgan fingerprint density at radius 1 is 1.19 bits per heavy atom. The predicted molar refractivity (Wildman–Crippen MR) is 116 cm³/mol. The lowest BCUT2D eigenvalue weighted by Crippen LogP contribution is -2.30. The van der Waals surface area contributed by atoms with Crippen molar-refractivity contribution in [3.8, 4) is 11.5 Å². The number of aromatic nitrogens is 1. The molecule has 0 aliphatic carbocycles. The van der Waals surface area contributed by atoms with Gasteiger partial charge < -0.3 is 14.8 Å². The lowest BCUT2D eigenvalue weighted by atomic mass is 10.0. The van der Waals surface area contributed by atoms with Crippen molar-refractivity contribution < 1.29 is 23.0 Å². The van der Waals surface area contributed by atoms with Crippen LogP contribution in [0.5, 0.6) is 11.5 Å². The van der Waals surface area contributed by atoms with Crippen LogP contribution in [0.15, 0.2) is 53.9 Å². The van der Waals surface area contributed by atoms with Crippen molar-refractivity contribution in [3.05, 3.63) is 75.2 Å². The van der Waals surface area contributed by atoms with Crippen LogP contribution in [0.3, 0.4) is 0 Å². The molecule has 1 N–H and O–H groups in total. The first-order valence-electron chi connectivity index (χ1n) is 9.59. The Hall–Kier alpha value is -2.71. The summed E-state index contributed by atoms with van der Waals surface area (Å²) in [5.41, 5.74) is 1.12. The number of hydrogen-bond donors (Lipinski definition) is 1. The van der Waals surface area contributed by atoms with E-state index in [-0.39, 0.29) is 24.7 Å². The summed E-state index contributed by atoms with van der Waals surface area (Å²) in [6.07, 6.45) is 0.596. The quantitative estimate of drug-likeness (QED) is 0.411. The number of nitrogens with zero attached hydrogens (tertiary/aromatic N) is 1. The third kappa shape index (κ3) is 6.90. The molecule has 5 nitrogen and oxygen atoms in total. The van der Waals surface area contributed by atoms with Crippen molar-refractivity contribution >= 4 is 28.8 Å². The smallest absolute Gasteiger partial charge is 0.387 e. The van der Waals surface area contributed by atoms with Gasteiger partial charge in [0.15, 0.2) is 0 Å². The highest BCUT2D eigenvalue weighted by molar-refractivity contribution is 7.09. The summed E-state index contributed by atoms with van der Waals surface area (Å²) in [5, 5.41) is 6.04. The fourth-order valence-corrected chi connectivity index (χ4v) is 3.78. The maximum Gasteiger partial charge on any atom is 0.387 e. The third-order valence-electron chi connectivity index (χ3n) is 4.37. The second-order valence-electron chi connectivity index (χ2n) is 6.60. The van der Waals surface area contributed by atoms with Crippen molar-refractivity contribution in [2.45, 2.75) is 39.0 Å². The lowest BCUT2D eigenvalue weighted by Gasteiger charge is -2.20. The van der Waals surface area contributed by atoms with E-state index >= 15 is 0 Å². The molecule has 9 heteroatoms. The molecular formula is C22H21ClF2N2O3S. The van der Waals surface area contributed by atoms with Crippen LogP contribution in [-0.4, -0.2) is 17.5 Å². The van der Waals surface area contributed by atoms with Gasteiger partial charge in [0, 0.05) is 16.0 Å². The summed E-state index contributed by atoms with van der Waals surface area (Å²) < 4.78 is 35.6. The van der Waals surface area contributed by atoms with E-state index in [2.05, 4.69) is 15.0 Å². The van der Waals surface area contributed by atoms with E-state index in [1.165, 1.54) is 17.4 Å². The first kappa shape index (κ1) is 23.0. The fraction of sp³-hybridized carbons (Fsp3) is 0.273. The standard InChI is InChI=1S/C22H21ClF2N2O3S/c1-2-18(17-5-3-4-6-19(17)30-22(24)25)27-20(28)11-15-13-31-21(26-15)12-29-16-9-7-14(23)8-10-16/h3-10,13,18,22H,2,11-12H2,1H3,(H,27,28). The number of thiazole rings is 1. The molecular weight excluding hydrogens is 446 g/mol. The van der Waals surface area contributed by atoms with Gasteiger partial charge in [-0.05, 0) is 36.8 Å². The molecule has 0 radical (unpaired) electrons. The summed E-state index contributed by atoms with van der Waals surface area (Å²) in [4.78, 5) is 17.0. The second-order valence-corrected chi connectivity index (χ2v) is 7.98.